The number of halogens is 1. The summed E-state index contributed by atoms with van der Waals surface area (Å²) in [6, 6.07) is 10.2. The van der Waals surface area contributed by atoms with Crippen LogP contribution in [0.3, 0.4) is 0 Å². The molecule has 0 aliphatic carbocycles. The lowest BCUT2D eigenvalue weighted by molar-refractivity contribution is -0.125. The molecular formula is C23H25ClN4O4. The summed E-state index contributed by atoms with van der Waals surface area (Å²) in [4.78, 5) is 35.6. The van der Waals surface area contributed by atoms with Crippen LogP contribution in [0.1, 0.15) is 19.4 Å². The van der Waals surface area contributed by atoms with Gasteiger partial charge in [0.15, 0.2) is 0 Å². The Hall–Kier alpha value is -3.23. The molecule has 32 heavy (non-hydrogen) atoms. The van der Waals surface area contributed by atoms with Crippen LogP contribution in [-0.2, 0) is 16.0 Å². The van der Waals surface area contributed by atoms with Crippen molar-refractivity contribution in [3.63, 3.8) is 0 Å². The van der Waals surface area contributed by atoms with Gasteiger partial charge in [0.05, 0.1) is 17.3 Å². The van der Waals surface area contributed by atoms with E-state index in [0.29, 0.717) is 53.2 Å². The number of aromatic amines is 1. The molecule has 0 saturated heterocycles. The average Bonchev–Trinajstić information content (AvgIpc) is 2.75. The summed E-state index contributed by atoms with van der Waals surface area (Å²) < 4.78 is 10.4. The molecule has 2 aromatic heterocycles. The van der Waals surface area contributed by atoms with Gasteiger partial charge < -0.3 is 20.2 Å². The lowest BCUT2D eigenvalue weighted by Crippen LogP contribution is -2.33. The summed E-state index contributed by atoms with van der Waals surface area (Å²) in [6.45, 7) is 4.40. The van der Waals surface area contributed by atoms with Gasteiger partial charge in [0.25, 0.3) is 5.56 Å². The number of aromatic nitrogens is 3. The Morgan fingerprint density at radius 1 is 1.19 bits per heavy atom. The fraction of sp³-hybridized carbons (Fsp3) is 0.304. The minimum Gasteiger partial charge on any atom is -0.475 e. The molecule has 1 aromatic carbocycles. The Labute approximate surface area is 190 Å². The molecule has 0 spiro atoms. The highest BCUT2D eigenvalue weighted by Gasteiger charge is 2.25. The summed E-state index contributed by atoms with van der Waals surface area (Å²) in [6.07, 6.45) is 2.01. The second kappa shape index (κ2) is 9.93. The highest BCUT2D eigenvalue weighted by Crippen LogP contribution is 2.30. The number of methoxy groups -OCH3 is 1. The normalized spacial score (nSPS) is 11.4. The SMILES string of the molecule is COCCOc1ccc(-c2cc(=O)[nH]c(-c3cc(CC(C)(C)C(N)=O)ccc3Cl)n2)cn1. The quantitative estimate of drug-likeness (QED) is 0.477. The average molecular weight is 457 g/mol. The van der Waals surface area contributed by atoms with E-state index >= 15 is 0 Å². The molecule has 1 amide bonds. The third kappa shape index (κ3) is 5.72. The molecule has 0 bridgehead atoms. The third-order valence-corrected chi connectivity index (χ3v) is 5.24. The number of nitrogens with zero attached hydrogens (tertiary/aromatic N) is 2. The number of benzene rings is 1. The monoisotopic (exact) mass is 456 g/mol. The van der Waals surface area contributed by atoms with Crippen LogP contribution in [0, 0.1) is 5.41 Å². The van der Waals surface area contributed by atoms with Crippen molar-refractivity contribution in [2.24, 2.45) is 11.1 Å². The number of ether oxygens (including phenoxy) is 2. The minimum absolute atomic E-state index is 0.316. The number of nitrogens with two attached hydrogens (primary N) is 1. The molecule has 8 nitrogen and oxygen atoms in total. The topological polar surface area (TPSA) is 120 Å². The van der Waals surface area contributed by atoms with E-state index in [9.17, 15) is 9.59 Å². The Bertz CT molecular complexity index is 1160. The number of pyridine rings is 1. The number of rotatable bonds is 9. The molecule has 168 valence electrons. The zero-order valence-electron chi connectivity index (χ0n) is 18.1. The minimum atomic E-state index is -0.730. The molecule has 0 saturated carbocycles. The fourth-order valence-corrected chi connectivity index (χ4v) is 3.25. The summed E-state index contributed by atoms with van der Waals surface area (Å²) >= 11 is 6.40. The van der Waals surface area contributed by atoms with E-state index in [2.05, 4.69) is 15.0 Å². The molecule has 3 rings (SSSR count). The maximum atomic E-state index is 12.4. The standard InChI is InChI=1S/C23H25ClN4O4/c1-23(2,22(25)30)12-14-4-6-17(24)16(10-14)21-27-18(11-19(29)28-21)15-5-7-20(26-13-15)32-9-8-31-3/h4-7,10-11,13H,8-9,12H2,1-3H3,(H2,25,30)(H,27,28,29). The smallest absolute Gasteiger partial charge is 0.251 e. The van der Waals surface area contributed by atoms with Gasteiger partial charge in [0, 0.05) is 42.0 Å². The van der Waals surface area contributed by atoms with Gasteiger partial charge in [-0.25, -0.2) is 9.97 Å². The van der Waals surface area contributed by atoms with Crippen LogP contribution in [0.15, 0.2) is 47.4 Å². The summed E-state index contributed by atoms with van der Waals surface area (Å²) in [7, 11) is 1.59. The Kier molecular flexibility index (Phi) is 7.27. The molecule has 0 fully saturated rings. The van der Waals surface area contributed by atoms with Gasteiger partial charge in [-0.1, -0.05) is 31.5 Å². The van der Waals surface area contributed by atoms with Gasteiger partial charge in [-0.05, 0) is 30.2 Å². The van der Waals surface area contributed by atoms with E-state index < -0.39 is 11.3 Å². The highest BCUT2D eigenvalue weighted by molar-refractivity contribution is 6.33. The van der Waals surface area contributed by atoms with Gasteiger partial charge in [-0.2, -0.15) is 0 Å². The summed E-state index contributed by atoms with van der Waals surface area (Å²) in [5, 5.41) is 0.422. The molecular weight excluding hydrogens is 432 g/mol. The van der Waals surface area contributed by atoms with Gasteiger partial charge >= 0.3 is 0 Å². The largest absolute Gasteiger partial charge is 0.475 e. The summed E-state index contributed by atoms with van der Waals surface area (Å²) in [5.41, 5.74) is 6.94. The predicted octanol–water partition coefficient (Wildman–Crippen LogP) is 3.23. The number of carbonyl (C=O) groups excluding carboxylic acids is 1. The molecule has 3 N–H and O–H groups in total. The Balaban J connectivity index is 1.93. The molecule has 0 aliphatic heterocycles. The van der Waals surface area contributed by atoms with E-state index in [0.717, 1.165) is 5.56 Å². The van der Waals surface area contributed by atoms with Gasteiger partial charge in [0.2, 0.25) is 11.8 Å². The van der Waals surface area contributed by atoms with Crippen LogP contribution < -0.4 is 16.0 Å². The number of amides is 1. The predicted molar refractivity (Wildman–Crippen MR) is 123 cm³/mol. The Morgan fingerprint density at radius 2 is 1.97 bits per heavy atom. The van der Waals surface area contributed by atoms with Crippen LogP contribution >= 0.6 is 11.6 Å². The number of nitrogens with one attached hydrogen (secondary N) is 1. The van der Waals surface area contributed by atoms with E-state index in [1.165, 1.54) is 6.07 Å². The van der Waals surface area contributed by atoms with Crippen molar-refractivity contribution in [1.82, 2.24) is 15.0 Å². The van der Waals surface area contributed by atoms with Crippen molar-refractivity contribution in [2.75, 3.05) is 20.3 Å². The van der Waals surface area contributed by atoms with Crippen molar-refractivity contribution < 1.29 is 14.3 Å². The van der Waals surface area contributed by atoms with Gasteiger partial charge in [-0.15, -0.1) is 0 Å². The first-order valence-corrected chi connectivity index (χ1v) is 10.4. The molecule has 9 heteroatoms. The summed E-state index contributed by atoms with van der Waals surface area (Å²) in [5.74, 6) is 0.366. The van der Waals surface area contributed by atoms with Gasteiger partial charge in [0.1, 0.15) is 12.4 Å². The van der Waals surface area contributed by atoms with Crippen molar-refractivity contribution in [3.8, 4) is 28.5 Å². The van der Waals surface area contributed by atoms with E-state index in [4.69, 9.17) is 26.8 Å². The maximum Gasteiger partial charge on any atom is 0.251 e. The highest BCUT2D eigenvalue weighted by atomic mass is 35.5. The molecule has 0 atom stereocenters. The van der Waals surface area contributed by atoms with Crippen LogP contribution in [0.25, 0.3) is 22.6 Å². The first kappa shape index (κ1) is 23.4. The molecule has 3 aromatic rings. The zero-order chi connectivity index (χ0) is 23.3. The molecule has 0 aliphatic rings. The maximum absolute atomic E-state index is 12.4. The lowest BCUT2D eigenvalue weighted by atomic mass is 9.85. The Morgan fingerprint density at radius 3 is 2.62 bits per heavy atom. The fourth-order valence-electron chi connectivity index (χ4n) is 3.04. The second-order valence-electron chi connectivity index (χ2n) is 7.94. The van der Waals surface area contributed by atoms with Crippen LogP contribution in [0.2, 0.25) is 5.02 Å². The second-order valence-corrected chi connectivity index (χ2v) is 8.35. The van der Waals surface area contributed by atoms with Gasteiger partial charge in [-0.3, -0.25) is 9.59 Å². The number of H-pyrrole nitrogens is 1. The zero-order valence-corrected chi connectivity index (χ0v) is 18.9. The van der Waals surface area contributed by atoms with Crippen molar-refractivity contribution >= 4 is 17.5 Å². The van der Waals surface area contributed by atoms with Crippen molar-refractivity contribution in [2.45, 2.75) is 20.3 Å². The van der Waals surface area contributed by atoms with E-state index in [-0.39, 0.29) is 5.56 Å². The first-order chi connectivity index (χ1) is 15.2. The number of primary amides is 1. The molecule has 2 heterocycles. The van der Waals surface area contributed by atoms with Crippen LogP contribution in [0.5, 0.6) is 5.88 Å². The number of carbonyl (C=O) groups is 1. The third-order valence-electron chi connectivity index (χ3n) is 4.91. The van der Waals surface area contributed by atoms with Crippen LogP contribution in [-0.4, -0.2) is 41.2 Å². The van der Waals surface area contributed by atoms with E-state index in [1.54, 1.807) is 51.4 Å². The molecule has 0 radical (unpaired) electrons. The number of hydrogen-bond acceptors (Lipinski definition) is 6. The number of hydrogen-bond donors (Lipinski definition) is 2. The van der Waals surface area contributed by atoms with Crippen LogP contribution in [0.4, 0.5) is 0 Å². The van der Waals surface area contributed by atoms with Crippen molar-refractivity contribution in [3.05, 3.63) is 63.5 Å². The van der Waals surface area contributed by atoms with E-state index in [1.807, 2.05) is 6.07 Å². The van der Waals surface area contributed by atoms with Crippen molar-refractivity contribution in [1.29, 1.82) is 0 Å². The lowest BCUT2D eigenvalue weighted by Gasteiger charge is -2.20. The first-order valence-electron chi connectivity index (χ1n) is 9.98. The molecule has 0 unspecified atom stereocenters.